The van der Waals surface area contributed by atoms with Gasteiger partial charge in [-0.25, -0.2) is 4.39 Å². The summed E-state index contributed by atoms with van der Waals surface area (Å²) < 4.78 is 14.4. The van der Waals surface area contributed by atoms with Gasteiger partial charge in [0.05, 0.1) is 12.5 Å². The SMILES string of the molecule is OCc1cc(F)c(CCl)c2ccsc12. The zero-order valence-corrected chi connectivity index (χ0v) is 8.83. The summed E-state index contributed by atoms with van der Waals surface area (Å²) in [7, 11) is 0. The maximum absolute atomic E-state index is 13.5. The van der Waals surface area contributed by atoms with Crippen LogP contribution in [0.4, 0.5) is 4.39 Å². The number of benzene rings is 1. The molecule has 0 aliphatic rings. The Kier molecular flexibility index (Phi) is 2.72. The molecule has 0 amide bonds. The molecule has 14 heavy (non-hydrogen) atoms. The molecule has 0 aliphatic carbocycles. The van der Waals surface area contributed by atoms with Gasteiger partial charge in [-0.1, -0.05) is 0 Å². The average molecular weight is 231 g/mol. The van der Waals surface area contributed by atoms with Crippen molar-refractivity contribution in [1.82, 2.24) is 0 Å². The van der Waals surface area contributed by atoms with E-state index in [0.717, 1.165) is 10.1 Å². The number of fused-ring (bicyclic) bond motifs is 1. The second kappa shape index (κ2) is 3.85. The fourth-order valence-corrected chi connectivity index (χ4v) is 2.69. The Balaban J connectivity index is 2.81. The van der Waals surface area contributed by atoms with Crippen molar-refractivity contribution in [3.63, 3.8) is 0 Å². The van der Waals surface area contributed by atoms with E-state index < -0.39 is 0 Å². The molecule has 1 N–H and O–H groups in total. The molecule has 0 radical (unpaired) electrons. The van der Waals surface area contributed by atoms with Crippen molar-refractivity contribution in [1.29, 1.82) is 0 Å². The predicted octanol–water partition coefficient (Wildman–Crippen LogP) is 3.27. The molecule has 2 rings (SSSR count). The van der Waals surface area contributed by atoms with Gasteiger partial charge < -0.3 is 5.11 Å². The molecule has 1 aromatic heterocycles. The third-order valence-corrected chi connectivity index (χ3v) is 3.43. The largest absolute Gasteiger partial charge is 0.392 e. The van der Waals surface area contributed by atoms with Gasteiger partial charge in [-0.3, -0.25) is 0 Å². The molecule has 1 nitrogen and oxygen atoms in total. The van der Waals surface area contributed by atoms with E-state index >= 15 is 0 Å². The van der Waals surface area contributed by atoms with Crippen LogP contribution in [0.2, 0.25) is 0 Å². The molecule has 0 aliphatic heterocycles. The van der Waals surface area contributed by atoms with E-state index in [9.17, 15) is 4.39 Å². The lowest BCUT2D eigenvalue weighted by Gasteiger charge is -2.04. The quantitative estimate of drug-likeness (QED) is 0.786. The van der Waals surface area contributed by atoms with Crippen LogP contribution < -0.4 is 0 Å². The Morgan fingerprint density at radius 2 is 2.29 bits per heavy atom. The van der Waals surface area contributed by atoms with Crippen LogP contribution in [0.5, 0.6) is 0 Å². The molecule has 1 aromatic carbocycles. The summed E-state index contributed by atoms with van der Waals surface area (Å²) in [4.78, 5) is 0. The van der Waals surface area contributed by atoms with Crippen LogP contribution in [0.1, 0.15) is 11.1 Å². The van der Waals surface area contributed by atoms with Gasteiger partial charge in [0.2, 0.25) is 0 Å². The van der Waals surface area contributed by atoms with Gasteiger partial charge in [0.15, 0.2) is 0 Å². The van der Waals surface area contributed by atoms with E-state index in [1.807, 2.05) is 11.4 Å². The minimum absolute atomic E-state index is 0.142. The Hall–Kier alpha value is -0.640. The maximum atomic E-state index is 13.5. The highest BCUT2D eigenvalue weighted by Gasteiger charge is 2.11. The van der Waals surface area contributed by atoms with Crippen molar-refractivity contribution in [3.05, 3.63) is 34.5 Å². The smallest absolute Gasteiger partial charge is 0.128 e. The molecule has 0 fully saturated rings. The molecule has 0 atom stereocenters. The lowest BCUT2D eigenvalue weighted by atomic mass is 10.1. The van der Waals surface area contributed by atoms with Crippen molar-refractivity contribution < 1.29 is 9.50 Å². The molecule has 2 aromatic rings. The van der Waals surface area contributed by atoms with Gasteiger partial charge in [0.1, 0.15) is 5.82 Å². The van der Waals surface area contributed by atoms with Crippen LogP contribution in [-0.4, -0.2) is 5.11 Å². The van der Waals surface area contributed by atoms with E-state index in [1.54, 1.807) is 0 Å². The molecular formula is C10H8ClFOS. The van der Waals surface area contributed by atoms with Crippen molar-refractivity contribution in [2.75, 3.05) is 0 Å². The first-order chi connectivity index (χ1) is 6.77. The third-order valence-electron chi connectivity index (χ3n) is 2.18. The van der Waals surface area contributed by atoms with E-state index in [-0.39, 0.29) is 18.3 Å². The summed E-state index contributed by atoms with van der Waals surface area (Å²) in [5.74, 6) is -0.180. The second-order valence-electron chi connectivity index (χ2n) is 2.95. The Labute approximate surface area is 89.7 Å². The van der Waals surface area contributed by atoms with Crippen LogP contribution in [0.3, 0.4) is 0 Å². The summed E-state index contributed by atoms with van der Waals surface area (Å²) in [5, 5.41) is 11.7. The number of rotatable bonds is 2. The van der Waals surface area contributed by atoms with E-state index in [0.29, 0.717) is 11.1 Å². The lowest BCUT2D eigenvalue weighted by Crippen LogP contribution is -1.92. The number of alkyl halides is 1. The molecule has 0 saturated carbocycles. The van der Waals surface area contributed by atoms with E-state index in [4.69, 9.17) is 16.7 Å². The van der Waals surface area contributed by atoms with Crippen LogP contribution in [0, 0.1) is 5.82 Å². The minimum Gasteiger partial charge on any atom is -0.392 e. The standard InChI is InChI=1S/C10H8ClFOS/c11-4-8-7-1-2-14-10(7)6(5-13)3-9(8)12/h1-3,13H,4-5H2. The molecule has 0 spiro atoms. The van der Waals surface area contributed by atoms with Crippen LogP contribution in [-0.2, 0) is 12.5 Å². The molecule has 0 bridgehead atoms. The van der Waals surface area contributed by atoms with Crippen LogP contribution in [0.15, 0.2) is 17.5 Å². The van der Waals surface area contributed by atoms with Crippen LogP contribution >= 0.6 is 22.9 Å². The van der Waals surface area contributed by atoms with Crippen molar-refractivity contribution in [2.45, 2.75) is 12.5 Å². The highest BCUT2D eigenvalue weighted by atomic mass is 35.5. The molecule has 1 heterocycles. The lowest BCUT2D eigenvalue weighted by molar-refractivity contribution is 0.283. The number of aliphatic hydroxyl groups excluding tert-OH is 1. The number of hydrogen-bond acceptors (Lipinski definition) is 2. The van der Waals surface area contributed by atoms with Gasteiger partial charge in [-0.15, -0.1) is 22.9 Å². The zero-order valence-electron chi connectivity index (χ0n) is 7.26. The zero-order chi connectivity index (χ0) is 10.1. The Morgan fingerprint density at radius 1 is 1.50 bits per heavy atom. The van der Waals surface area contributed by atoms with E-state index in [1.165, 1.54) is 17.4 Å². The first-order valence-electron chi connectivity index (χ1n) is 4.12. The minimum atomic E-state index is -0.338. The average Bonchev–Trinajstić information content (AvgIpc) is 2.65. The number of thiophene rings is 1. The number of hydrogen-bond donors (Lipinski definition) is 1. The van der Waals surface area contributed by atoms with E-state index in [2.05, 4.69) is 0 Å². The first kappa shape index (κ1) is 9.90. The molecular weight excluding hydrogens is 223 g/mol. The normalized spacial score (nSPS) is 11.1. The van der Waals surface area contributed by atoms with Crippen molar-refractivity contribution >= 4 is 33.0 Å². The summed E-state index contributed by atoms with van der Waals surface area (Å²) >= 11 is 7.16. The fourth-order valence-electron chi connectivity index (χ4n) is 1.48. The second-order valence-corrected chi connectivity index (χ2v) is 4.13. The van der Waals surface area contributed by atoms with Gasteiger partial charge >= 0.3 is 0 Å². The van der Waals surface area contributed by atoms with Crippen LogP contribution in [0.25, 0.3) is 10.1 Å². The molecule has 0 saturated heterocycles. The monoisotopic (exact) mass is 230 g/mol. The number of halogens is 2. The fraction of sp³-hybridized carbons (Fsp3) is 0.200. The summed E-state index contributed by atoms with van der Waals surface area (Å²) in [5.41, 5.74) is 1.14. The maximum Gasteiger partial charge on any atom is 0.128 e. The summed E-state index contributed by atoms with van der Waals surface area (Å²) in [6.45, 7) is -0.142. The van der Waals surface area contributed by atoms with Crippen molar-refractivity contribution in [2.24, 2.45) is 0 Å². The molecule has 0 unspecified atom stereocenters. The Morgan fingerprint density at radius 3 is 2.93 bits per heavy atom. The first-order valence-corrected chi connectivity index (χ1v) is 5.53. The summed E-state index contributed by atoms with van der Waals surface area (Å²) in [6.07, 6.45) is 0. The third kappa shape index (κ3) is 1.41. The highest BCUT2D eigenvalue weighted by molar-refractivity contribution is 7.17. The molecule has 74 valence electrons. The van der Waals surface area contributed by atoms with Crippen molar-refractivity contribution in [3.8, 4) is 0 Å². The highest BCUT2D eigenvalue weighted by Crippen LogP contribution is 2.31. The topological polar surface area (TPSA) is 20.2 Å². The van der Waals surface area contributed by atoms with Gasteiger partial charge in [-0.2, -0.15) is 0 Å². The predicted molar refractivity (Wildman–Crippen MR) is 57.3 cm³/mol. The number of aliphatic hydroxyl groups is 1. The summed E-state index contributed by atoms with van der Waals surface area (Å²) in [6, 6.07) is 3.19. The van der Waals surface area contributed by atoms with Gasteiger partial charge in [-0.05, 0) is 23.1 Å². The molecule has 4 heteroatoms. The van der Waals surface area contributed by atoms with Gasteiger partial charge in [0, 0.05) is 15.6 Å². The Bertz CT molecular complexity index is 466. The van der Waals surface area contributed by atoms with Gasteiger partial charge in [0.25, 0.3) is 0 Å².